The van der Waals surface area contributed by atoms with Crippen LogP contribution in [0.4, 0.5) is 0 Å². The molecule has 0 amide bonds. The minimum absolute atomic E-state index is 0.493. The Hall–Kier alpha value is -0.560. The van der Waals surface area contributed by atoms with E-state index < -0.39 is 0 Å². The molecule has 0 N–H and O–H groups in total. The first-order valence-electron chi connectivity index (χ1n) is 5.13. The molecule has 1 nitrogen and oxygen atoms in total. The lowest BCUT2D eigenvalue weighted by Gasteiger charge is -2.22. The Balaban J connectivity index is 2.78. The Kier molecular flexibility index (Phi) is 3.94. The molecule has 0 aromatic carbocycles. The van der Waals surface area contributed by atoms with Crippen LogP contribution in [0.5, 0.6) is 0 Å². The lowest BCUT2D eigenvalue weighted by atomic mass is 9.84. The molecule has 0 saturated heterocycles. The summed E-state index contributed by atoms with van der Waals surface area (Å²) in [6, 6.07) is 3.93. The van der Waals surface area contributed by atoms with E-state index >= 15 is 0 Å². The third-order valence-corrected chi connectivity index (χ3v) is 3.28. The molecule has 2 heteroatoms. The number of halogens is 1. The average molecular weight is 212 g/mol. The number of nitrogens with zero attached hydrogens (tertiary/aromatic N) is 1. The molecule has 0 fully saturated rings. The van der Waals surface area contributed by atoms with Crippen LogP contribution in [0.3, 0.4) is 0 Å². The van der Waals surface area contributed by atoms with Crippen LogP contribution in [0.2, 0.25) is 5.02 Å². The minimum atomic E-state index is 0.493. The van der Waals surface area contributed by atoms with Gasteiger partial charge in [0.15, 0.2) is 0 Å². The molecule has 0 aliphatic heterocycles. The van der Waals surface area contributed by atoms with Gasteiger partial charge in [-0.3, -0.25) is 4.98 Å². The van der Waals surface area contributed by atoms with Crippen LogP contribution >= 0.6 is 11.6 Å². The van der Waals surface area contributed by atoms with E-state index in [0.717, 1.165) is 5.69 Å². The van der Waals surface area contributed by atoms with Crippen molar-refractivity contribution in [2.75, 3.05) is 0 Å². The second-order valence-electron chi connectivity index (χ2n) is 4.29. The van der Waals surface area contributed by atoms with Crippen LogP contribution < -0.4 is 0 Å². The van der Waals surface area contributed by atoms with E-state index in [4.69, 9.17) is 11.6 Å². The number of hydrogen-bond donors (Lipinski definition) is 0. The van der Waals surface area contributed by atoms with Crippen LogP contribution in [0.25, 0.3) is 0 Å². The molecular formula is C12H18ClN. The summed E-state index contributed by atoms with van der Waals surface area (Å²) < 4.78 is 0. The van der Waals surface area contributed by atoms with Crippen molar-refractivity contribution >= 4 is 11.6 Å². The maximum absolute atomic E-state index is 5.80. The van der Waals surface area contributed by atoms with Gasteiger partial charge in [-0.15, -0.1) is 0 Å². The van der Waals surface area contributed by atoms with Gasteiger partial charge in [0.2, 0.25) is 0 Å². The third kappa shape index (κ3) is 2.71. The summed E-state index contributed by atoms with van der Waals surface area (Å²) in [5.41, 5.74) is 1.13. The molecule has 0 spiro atoms. The fraction of sp³-hybridized carbons (Fsp3) is 0.583. The highest BCUT2D eigenvalue weighted by atomic mass is 35.5. The average Bonchev–Trinajstić information content (AvgIpc) is 2.16. The molecule has 2 atom stereocenters. The van der Waals surface area contributed by atoms with E-state index in [1.165, 1.54) is 0 Å². The summed E-state index contributed by atoms with van der Waals surface area (Å²) in [4.78, 5) is 4.35. The highest BCUT2D eigenvalue weighted by molar-refractivity contribution is 6.30. The molecule has 1 aromatic heterocycles. The van der Waals surface area contributed by atoms with Crippen molar-refractivity contribution < 1.29 is 0 Å². The number of hydrogen-bond acceptors (Lipinski definition) is 1. The zero-order chi connectivity index (χ0) is 10.7. The molecule has 0 saturated carbocycles. The predicted molar refractivity (Wildman–Crippen MR) is 61.7 cm³/mol. The fourth-order valence-corrected chi connectivity index (χ4v) is 1.62. The van der Waals surface area contributed by atoms with Crippen LogP contribution in [0.15, 0.2) is 18.3 Å². The summed E-state index contributed by atoms with van der Waals surface area (Å²) >= 11 is 5.80. The highest BCUT2D eigenvalue weighted by Crippen LogP contribution is 2.28. The number of rotatable bonds is 3. The molecule has 1 aromatic rings. The van der Waals surface area contributed by atoms with Gasteiger partial charge in [0, 0.05) is 17.8 Å². The Morgan fingerprint density at radius 1 is 1.14 bits per heavy atom. The van der Waals surface area contributed by atoms with E-state index in [-0.39, 0.29) is 0 Å². The lowest BCUT2D eigenvalue weighted by Crippen LogP contribution is -2.13. The van der Waals surface area contributed by atoms with Crippen LogP contribution in [-0.2, 0) is 0 Å². The van der Waals surface area contributed by atoms with Crippen molar-refractivity contribution in [2.24, 2.45) is 11.8 Å². The summed E-state index contributed by atoms with van der Waals surface area (Å²) in [6.45, 7) is 8.99. The fourth-order valence-electron chi connectivity index (χ4n) is 1.50. The summed E-state index contributed by atoms with van der Waals surface area (Å²) in [7, 11) is 0. The van der Waals surface area contributed by atoms with E-state index in [1.54, 1.807) is 6.20 Å². The second kappa shape index (κ2) is 4.79. The summed E-state index contributed by atoms with van der Waals surface area (Å²) in [5.74, 6) is 1.82. The van der Waals surface area contributed by atoms with Gasteiger partial charge in [0.05, 0.1) is 5.02 Å². The number of aromatic nitrogens is 1. The van der Waals surface area contributed by atoms with Crippen molar-refractivity contribution in [3.8, 4) is 0 Å². The lowest BCUT2D eigenvalue weighted by molar-refractivity contribution is 0.358. The molecule has 0 aliphatic carbocycles. The third-order valence-electron chi connectivity index (χ3n) is 3.06. The largest absolute Gasteiger partial charge is 0.259 e. The molecule has 0 radical (unpaired) electrons. The van der Waals surface area contributed by atoms with E-state index in [2.05, 4.69) is 32.7 Å². The zero-order valence-electron chi connectivity index (χ0n) is 9.29. The maximum atomic E-state index is 5.80. The summed E-state index contributed by atoms with van der Waals surface area (Å²) in [6.07, 6.45) is 1.72. The van der Waals surface area contributed by atoms with Gasteiger partial charge >= 0.3 is 0 Å². The number of pyridine rings is 1. The van der Waals surface area contributed by atoms with Crippen molar-refractivity contribution in [1.82, 2.24) is 4.98 Å². The SMILES string of the molecule is CC(C)C(C)[C@H](C)c1ccc(Cl)cn1. The van der Waals surface area contributed by atoms with Gasteiger partial charge in [-0.05, 0) is 24.0 Å². The quantitative estimate of drug-likeness (QED) is 0.733. The normalized spacial score (nSPS) is 15.6. The maximum Gasteiger partial charge on any atom is 0.0589 e. The zero-order valence-corrected chi connectivity index (χ0v) is 10.0. The molecule has 14 heavy (non-hydrogen) atoms. The molecule has 0 bridgehead atoms. The first-order valence-corrected chi connectivity index (χ1v) is 5.51. The van der Waals surface area contributed by atoms with Crippen molar-refractivity contribution in [3.05, 3.63) is 29.0 Å². The molecule has 1 unspecified atom stereocenters. The monoisotopic (exact) mass is 211 g/mol. The Labute approximate surface area is 91.5 Å². The molecule has 0 aliphatic rings. The second-order valence-corrected chi connectivity index (χ2v) is 4.73. The van der Waals surface area contributed by atoms with Gasteiger partial charge in [-0.2, -0.15) is 0 Å². The van der Waals surface area contributed by atoms with Crippen LogP contribution in [0, 0.1) is 11.8 Å². The molecule has 1 heterocycles. The van der Waals surface area contributed by atoms with Crippen molar-refractivity contribution in [2.45, 2.75) is 33.6 Å². The van der Waals surface area contributed by atoms with Crippen LogP contribution in [0.1, 0.15) is 39.3 Å². The predicted octanol–water partition coefficient (Wildman–Crippen LogP) is 4.13. The highest BCUT2D eigenvalue weighted by Gasteiger charge is 2.18. The van der Waals surface area contributed by atoms with Crippen LogP contribution in [-0.4, -0.2) is 4.98 Å². The van der Waals surface area contributed by atoms with Gasteiger partial charge in [0.25, 0.3) is 0 Å². The Morgan fingerprint density at radius 2 is 1.79 bits per heavy atom. The van der Waals surface area contributed by atoms with Gasteiger partial charge < -0.3 is 0 Å². The Bertz CT molecular complexity index is 279. The molecular weight excluding hydrogens is 194 g/mol. The topological polar surface area (TPSA) is 12.9 Å². The smallest absolute Gasteiger partial charge is 0.0589 e. The minimum Gasteiger partial charge on any atom is -0.259 e. The van der Waals surface area contributed by atoms with Gasteiger partial charge in [0.1, 0.15) is 0 Å². The standard InChI is InChI=1S/C12H18ClN/c1-8(2)9(3)10(4)12-6-5-11(13)7-14-12/h5-10H,1-4H3/t9?,10-/m0/s1. The first-order chi connectivity index (χ1) is 6.52. The molecule has 78 valence electrons. The Morgan fingerprint density at radius 3 is 2.21 bits per heavy atom. The van der Waals surface area contributed by atoms with Gasteiger partial charge in [-0.25, -0.2) is 0 Å². The van der Waals surface area contributed by atoms with Crippen molar-refractivity contribution in [3.63, 3.8) is 0 Å². The first kappa shape index (κ1) is 11.5. The van der Waals surface area contributed by atoms with Gasteiger partial charge in [-0.1, -0.05) is 39.3 Å². The van der Waals surface area contributed by atoms with E-state index in [1.807, 2.05) is 12.1 Å². The summed E-state index contributed by atoms with van der Waals surface area (Å²) in [5, 5.41) is 0.707. The van der Waals surface area contributed by atoms with E-state index in [9.17, 15) is 0 Å². The van der Waals surface area contributed by atoms with E-state index in [0.29, 0.717) is 22.8 Å². The molecule has 1 rings (SSSR count). The van der Waals surface area contributed by atoms with Crippen molar-refractivity contribution in [1.29, 1.82) is 0 Å².